The Labute approximate surface area is 206 Å². The van der Waals surface area contributed by atoms with E-state index in [2.05, 4.69) is 15.2 Å². The molecule has 4 rings (SSSR count). The predicted molar refractivity (Wildman–Crippen MR) is 134 cm³/mol. The van der Waals surface area contributed by atoms with E-state index in [1.807, 2.05) is 78.9 Å². The molecule has 1 saturated heterocycles. The highest BCUT2D eigenvalue weighted by molar-refractivity contribution is 5.84. The van der Waals surface area contributed by atoms with Crippen molar-refractivity contribution in [2.24, 2.45) is 0 Å². The average molecular weight is 474 g/mol. The molecule has 2 aromatic carbocycles. The molecule has 1 aliphatic rings. The molecule has 1 aromatic heterocycles. The maximum atomic E-state index is 13.2. The number of nitrogens with zero attached hydrogens (tertiary/aromatic N) is 2. The number of benzene rings is 2. The number of piperidine rings is 1. The number of ether oxygens (including phenoxy) is 2. The van der Waals surface area contributed by atoms with Gasteiger partial charge in [0.25, 0.3) is 0 Å². The lowest BCUT2D eigenvalue weighted by molar-refractivity contribution is -0.150. The minimum Gasteiger partial charge on any atom is -0.467 e. The van der Waals surface area contributed by atoms with Crippen molar-refractivity contribution in [1.82, 2.24) is 9.88 Å². The number of rotatable bonds is 9. The SMILES string of the molecule is COC(=O)C1(Nc2ccccn2)CCN(CC(C(=O)OCc2ccccc2)c2ccccc2)CC1. The molecule has 2 heterocycles. The highest BCUT2D eigenvalue weighted by Crippen LogP contribution is 2.30. The molecular weight excluding hydrogens is 442 g/mol. The van der Waals surface area contributed by atoms with Crippen molar-refractivity contribution in [2.75, 3.05) is 32.1 Å². The molecule has 0 bridgehead atoms. The van der Waals surface area contributed by atoms with Crippen LogP contribution in [0.5, 0.6) is 0 Å². The maximum absolute atomic E-state index is 13.2. The Balaban J connectivity index is 1.44. The summed E-state index contributed by atoms with van der Waals surface area (Å²) in [6.07, 6.45) is 2.77. The van der Waals surface area contributed by atoms with Crippen molar-refractivity contribution < 1.29 is 19.1 Å². The fraction of sp³-hybridized carbons (Fsp3) is 0.321. The number of pyridine rings is 1. The van der Waals surface area contributed by atoms with Crippen molar-refractivity contribution in [1.29, 1.82) is 0 Å². The van der Waals surface area contributed by atoms with E-state index in [1.54, 1.807) is 6.20 Å². The van der Waals surface area contributed by atoms with E-state index in [1.165, 1.54) is 7.11 Å². The summed E-state index contributed by atoms with van der Waals surface area (Å²) in [7, 11) is 1.41. The lowest BCUT2D eigenvalue weighted by Crippen LogP contribution is -2.55. The molecule has 1 atom stereocenters. The molecule has 1 unspecified atom stereocenters. The van der Waals surface area contributed by atoms with Gasteiger partial charge in [-0.25, -0.2) is 9.78 Å². The molecule has 7 nitrogen and oxygen atoms in total. The lowest BCUT2D eigenvalue weighted by atomic mass is 9.86. The third kappa shape index (κ3) is 6.25. The first-order chi connectivity index (χ1) is 17.1. The van der Waals surface area contributed by atoms with E-state index in [0.29, 0.717) is 38.3 Å². The topological polar surface area (TPSA) is 80.8 Å². The number of likely N-dealkylation sites (tertiary alicyclic amines) is 1. The van der Waals surface area contributed by atoms with Crippen molar-refractivity contribution in [3.63, 3.8) is 0 Å². The summed E-state index contributed by atoms with van der Waals surface area (Å²) in [5.74, 6) is -0.339. The number of aromatic nitrogens is 1. The summed E-state index contributed by atoms with van der Waals surface area (Å²) in [6, 6.07) is 24.9. The van der Waals surface area contributed by atoms with Gasteiger partial charge in [0.05, 0.1) is 13.0 Å². The zero-order valence-electron chi connectivity index (χ0n) is 19.9. The molecule has 35 heavy (non-hydrogen) atoms. The number of carbonyl (C=O) groups excluding carboxylic acids is 2. The predicted octanol–water partition coefficient (Wildman–Crippen LogP) is 4.03. The van der Waals surface area contributed by atoms with Gasteiger partial charge in [0, 0.05) is 25.8 Å². The second kappa shape index (κ2) is 11.6. The first-order valence-corrected chi connectivity index (χ1v) is 11.9. The van der Waals surface area contributed by atoms with Crippen molar-refractivity contribution >= 4 is 17.8 Å². The molecule has 182 valence electrons. The Bertz CT molecular complexity index is 1080. The number of hydrogen-bond acceptors (Lipinski definition) is 7. The largest absolute Gasteiger partial charge is 0.467 e. The van der Waals surface area contributed by atoms with Crippen LogP contribution in [0.15, 0.2) is 85.1 Å². The Morgan fingerprint density at radius 2 is 1.63 bits per heavy atom. The van der Waals surface area contributed by atoms with Crippen LogP contribution in [-0.4, -0.2) is 54.1 Å². The van der Waals surface area contributed by atoms with Gasteiger partial charge in [0.15, 0.2) is 0 Å². The number of esters is 2. The lowest BCUT2D eigenvalue weighted by Gasteiger charge is -2.41. The van der Waals surface area contributed by atoms with Gasteiger partial charge in [-0.1, -0.05) is 66.7 Å². The van der Waals surface area contributed by atoms with Crippen LogP contribution in [0.1, 0.15) is 29.9 Å². The molecule has 0 aliphatic carbocycles. The number of anilines is 1. The van der Waals surface area contributed by atoms with Crippen LogP contribution in [0.2, 0.25) is 0 Å². The Morgan fingerprint density at radius 3 is 2.26 bits per heavy atom. The molecule has 0 saturated carbocycles. The summed E-state index contributed by atoms with van der Waals surface area (Å²) < 4.78 is 10.8. The molecule has 1 aliphatic heterocycles. The smallest absolute Gasteiger partial charge is 0.331 e. The summed E-state index contributed by atoms with van der Waals surface area (Å²) in [5, 5.41) is 3.31. The first-order valence-electron chi connectivity index (χ1n) is 11.9. The van der Waals surface area contributed by atoms with Crippen LogP contribution in [0.3, 0.4) is 0 Å². The molecular formula is C28H31N3O4. The van der Waals surface area contributed by atoms with E-state index in [4.69, 9.17) is 9.47 Å². The summed E-state index contributed by atoms with van der Waals surface area (Å²) in [6.45, 7) is 2.01. The van der Waals surface area contributed by atoms with Crippen molar-refractivity contribution in [3.05, 3.63) is 96.2 Å². The van der Waals surface area contributed by atoms with Gasteiger partial charge in [-0.05, 0) is 36.1 Å². The highest BCUT2D eigenvalue weighted by Gasteiger charge is 2.43. The summed E-state index contributed by atoms with van der Waals surface area (Å²) in [5.41, 5.74) is 1.02. The molecule has 0 radical (unpaired) electrons. The maximum Gasteiger partial charge on any atom is 0.331 e. The Hall–Kier alpha value is -3.71. The van der Waals surface area contributed by atoms with Crippen LogP contribution in [0.4, 0.5) is 5.82 Å². The normalized spacial score (nSPS) is 16.1. The van der Waals surface area contributed by atoms with Gasteiger partial charge in [0.1, 0.15) is 18.0 Å². The van der Waals surface area contributed by atoms with Gasteiger partial charge >= 0.3 is 11.9 Å². The third-order valence-electron chi connectivity index (χ3n) is 6.47. The third-order valence-corrected chi connectivity index (χ3v) is 6.47. The molecule has 3 aromatic rings. The van der Waals surface area contributed by atoms with E-state index < -0.39 is 11.5 Å². The minimum absolute atomic E-state index is 0.239. The molecule has 0 amide bonds. The monoisotopic (exact) mass is 473 g/mol. The molecule has 1 N–H and O–H groups in total. The van der Waals surface area contributed by atoms with Gasteiger partial charge in [0.2, 0.25) is 0 Å². The van der Waals surface area contributed by atoms with E-state index in [9.17, 15) is 9.59 Å². The van der Waals surface area contributed by atoms with Gasteiger partial charge in [-0.15, -0.1) is 0 Å². The summed E-state index contributed by atoms with van der Waals surface area (Å²) >= 11 is 0. The summed E-state index contributed by atoms with van der Waals surface area (Å²) in [4.78, 5) is 32.5. The Morgan fingerprint density at radius 1 is 0.971 bits per heavy atom. The number of hydrogen-bond donors (Lipinski definition) is 1. The van der Waals surface area contributed by atoms with Crippen molar-refractivity contribution in [2.45, 2.75) is 30.9 Å². The van der Waals surface area contributed by atoms with Crippen LogP contribution in [0.25, 0.3) is 0 Å². The first kappa shape index (κ1) is 24.4. The standard InChI is InChI=1S/C28H31N3O4/c1-34-27(33)28(30-25-14-8-9-17-29-25)15-18-31(19-16-28)20-24(23-12-6-3-7-13-23)26(32)35-21-22-10-4-2-5-11-22/h2-14,17,24H,15-16,18-21H2,1H3,(H,29,30). The van der Waals surface area contributed by atoms with Crippen LogP contribution >= 0.6 is 0 Å². The van der Waals surface area contributed by atoms with Gasteiger partial charge in [-0.2, -0.15) is 0 Å². The van der Waals surface area contributed by atoms with Crippen LogP contribution in [-0.2, 0) is 25.7 Å². The number of carbonyl (C=O) groups is 2. The van der Waals surface area contributed by atoms with E-state index >= 15 is 0 Å². The van der Waals surface area contributed by atoms with E-state index in [-0.39, 0.29) is 18.5 Å². The van der Waals surface area contributed by atoms with E-state index in [0.717, 1.165) is 11.1 Å². The van der Waals surface area contributed by atoms with Crippen molar-refractivity contribution in [3.8, 4) is 0 Å². The molecule has 0 spiro atoms. The van der Waals surface area contributed by atoms with Crippen LogP contribution < -0.4 is 5.32 Å². The quantitative estimate of drug-likeness (QED) is 0.470. The molecule has 7 heteroatoms. The fourth-order valence-corrected chi connectivity index (χ4v) is 4.46. The number of nitrogens with one attached hydrogen (secondary N) is 1. The zero-order valence-corrected chi connectivity index (χ0v) is 19.9. The average Bonchev–Trinajstić information content (AvgIpc) is 2.92. The highest BCUT2D eigenvalue weighted by atomic mass is 16.5. The number of methoxy groups -OCH3 is 1. The molecule has 1 fully saturated rings. The minimum atomic E-state index is -0.852. The second-order valence-corrected chi connectivity index (χ2v) is 8.77. The second-order valence-electron chi connectivity index (χ2n) is 8.77. The zero-order chi connectivity index (χ0) is 24.5. The Kier molecular flexibility index (Phi) is 8.11. The fourth-order valence-electron chi connectivity index (χ4n) is 4.46. The van der Waals surface area contributed by atoms with Gasteiger partial charge < -0.3 is 19.7 Å². The van der Waals surface area contributed by atoms with Gasteiger partial charge in [-0.3, -0.25) is 4.79 Å². The van der Waals surface area contributed by atoms with Crippen LogP contribution in [0, 0.1) is 0 Å².